The molecule has 118 valence electrons. The molecule has 0 bridgehead atoms. The van der Waals surface area contributed by atoms with Gasteiger partial charge in [0.1, 0.15) is 5.75 Å². The van der Waals surface area contributed by atoms with Crippen molar-refractivity contribution in [3.63, 3.8) is 0 Å². The Labute approximate surface area is 128 Å². The van der Waals surface area contributed by atoms with E-state index in [1.54, 1.807) is 0 Å². The quantitative estimate of drug-likeness (QED) is 0.752. The van der Waals surface area contributed by atoms with Crippen molar-refractivity contribution in [1.82, 2.24) is 10.2 Å². The minimum Gasteiger partial charge on any atom is -0.494 e. The highest BCUT2D eigenvalue weighted by atomic mass is 16.5. The van der Waals surface area contributed by atoms with E-state index in [2.05, 4.69) is 29.3 Å². The fourth-order valence-electron chi connectivity index (χ4n) is 2.66. The van der Waals surface area contributed by atoms with E-state index in [1.165, 1.54) is 5.56 Å². The highest BCUT2D eigenvalue weighted by molar-refractivity contribution is 5.26. The van der Waals surface area contributed by atoms with Gasteiger partial charge in [-0.3, -0.25) is 0 Å². The minimum absolute atomic E-state index is 0.229. The number of nitrogens with zero attached hydrogens (tertiary/aromatic N) is 1. The summed E-state index contributed by atoms with van der Waals surface area (Å²) in [4.78, 5) is 2.45. The van der Waals surface area contributed by atoms with Gasteiger partial charge in [-0.2, -0.15) is 0 Å². The molecule has 1 fully saturated rings. The van der Waals surface area contributed by atoms with Crippen LogP contribution in [0.5, 0.6) is 5.75 Å². The molecule has 1 heterocycles. The average molecular weight is 292 g/mol. The number of aliphatic hydroxyl groups is 1. The number of benzene rings is 1. The second kappa shape index (κ2) is 9.03. The van der Waals surface area contributed by atoms with Crippen molar-refractivity contribution in [3.8, 4) is 5.75 Å². The second-order valence-electron chi connectivity index (χ2n) is 5.86. The van der Waals surface area contributed by atoms with Crippen LogP contribution in [-0.2, 0) is 0 Å². The first-order chi connectivity index (χ1) is 10.3. The minimum atomic E-state index is 0.229. The van der Waals surface area contributed by atoms with Crippen LogP contribution in [0.15, 0.2) is 24.3 Å². The molecule has 1 aromatic rings. The molecule has 21 heavy (non-hydrogen) atoms. The molecule has 1 aliphatic rings. The number of hydrogen-bond acceptors (Lipinski definition) is 4. The van der Waals surface area contributed by atoms with Crippen LogP contribution in [0.2, 0.25) is 0 Å². The monoisotopic (exact) mass is 292 g/mol. The van der Waals surface area contributed by atoms with E-state index in [4.69, 9.17) is 4.74 Å². The summed E-state index contributed by atoms with van der Waals surface area (Å²) in [5.74, 6) is 0.958. The Morgan fingerprint density at radius 1 is 1.29 bits per heavy atom. The number of aryl methyl sites for hydroxylation is 1. The van der Waals surface area contributed by atoms with Gasteiger partial charge in [-0.05, 0) is 58.0 Å². The topological polar surface area (TPSA) is 44.7 Å². The van der Waals surface area contributed by atoms with Gasteiger partial charge in [0.15, 0.2) is 0 Å². The third-order valence-electron chi connectivity index (χ3n) is 3.94. The zero-order valence-corrected chi connectivity index (χ0v) is 13.1. The lowest BCUT2D eigenvalue weighted by atomic mass is 10.2. The molecule has 2 N–H and O–H groups in total. The largest absolute Gasteiger partial charge is 0.494 e. The Morgan fingerprint density at radius 2 is 2.10 bits per heavy atom. The number of hydrogen-bond donors (Lipinski definition) is 2. The molecule has 0 saturated carbocycles. The van der Waals surface area contributed by atoms with E-state index >= 15 is 0 Å². The summed E-state index contributed by atoms with van der Waals surface area (Å²) >= 11 is 0. The van der Waals surface area contributed by atoms with Gasteiger partial charge in [-0.25, -0.2) is 0 Å². The number of unbranched alkanes of at least 4 members (excludes halogenated alkanes) is 1. The third-order valence-corrected chi connectivity index (χ3v) is 3.94. The van der Waals surface area contributed by atoms with Crippen molar-refractivity contribution in [3.05, 3.63) is 29.8 Å². The van der Waals surface area contributed by atoms with Gasteiger partial charge in [0, 0.05) is 12.6 Å². The molecule has 4 nitrogen and oxygen atoms in total. The lowest BCUT2D eigenvalue weighted by Gasteiger charge is -2.23. The zero-order valence-electron chi connectivity index (χ0n) is 13.1. The molecule has 0 amide bonds. The van der Waals surface area contributed by atoms with Crippen molar-refractivity contribution < 1.29 is 9.84 Å². The molecule has 0 spiro atoms. The zero-order chi connectivity index (χ0) is 14.9. The van der Waals surface area contributed by atoms with Crippen molar-refractivity contribution in [2.45, 2.75) is 32.2 Å². The Hall–Kier alpha value is -1.10. The molecule has 1 aromatic carbocycles. The summed E-state index contributed by atoms with van der Waals surface area (Å²) in [6.45, 7) is 7.27. The normalized spacial score (nSPS) is 20.2. The Bertz CT molecular complexity index is 394. The maximum Gasteiger partial charge on any atom is 0.119 e. The molecule has 0 aliphatic carbocycles. The van der Waals surface area contributed by atoms with Gasteiger partial charge in [-0.1, -0.05) is 17.7 Å². The fourth-order valence-corrected chi connectivity index (χ4v) is 2.66. The maximum atomic E-state index is 9.28. The SMILES string of the molecule is Cc1ccc(OCCCCN2CCCNC(CO)C2)cc1. The summed E-state index contributed by atoms with van der Waals surface area (Å²) in [7, 11) is 0. The third kappa shape index (κ3) is 6.04. The predicted molar refractivity (Wildman–Crippen MR) is 85.8 cm³/mol. The van der Waals surface area contributed by atoms with Crippen LogP contribution in [0, 0.1) is 6.92 Å². The maximum absolute atomic E-state index is 9.28. The van der Waals surface area contributed by atoms with Crippen LogP contribution in [0.25, 0.3) is 0 Å². The van der Waals surface area contributed by atoms with E-state index in [9.17, 15) is 5.11 Å². The molecular weight excluding hydrogens is 264 g/mol. The average Bonchev–Trinajstić information content (AvgIpc) is 2.74. The van der Waals surface area contributed by atoms with Crippen molar-refractivity contribution in [2.24, 2.45) is 0 Å². The van der Waals surface area contributed by atoms with Crippen molar-refractivity contribution >= 4 is 0 Å². The highest BCUT2D eigenvalue weighted by Gasteiger charge is 2.15. The van der Waals surface area contributed by atoms with Crippen LogP contribution in [0.4, 0.5) is 0 Å². The molecule has 2 rings (SSSR count). The lowest BCUT2D eigenvalue weighted by Crippen LogP contribution is -2.40. The molecule has 0 radical (unpaired) electrons. The molecule has 1 saturated heterocycles. The number of ether oxygens (including phenoxy) is 1. The molecular formula is C17H28N2O2. The standard InChI is InChI=1S/C17H28N2O2/c1-15-5-7-17(8-6-15)21-12-3-2-10-19-11-4-9-18-16(13-19)14-20/h5-8,16,18,20H,2-4,9-14H2,1H3. The van der Waals surface area contributed by atoms with Gasteiger partial charge >= 0.3 is 0 Å². The number of nitrogens with one attached hydrogen (secondary N) is 1. The van der Waals surface area contributed by atoms with E-state index < -0.39 is 0 Å². The first-order valence-corrected chi connectivity index (χ1v) is 8.04. The predicted octanol–water partition coefficient (Wildman–Crippen LogP) is 1.81. The lowest BCUT2D eigenvalue weighted by molar-refractivity contribution is 0.195. The summed E-state index contributed by atoms with van der Waals surface area (Å²) < 4.78 is 5.75. The molecule has 1 unspecified atom stereocenters. The molecule has 1 atom stereocenters. The van der Waals surface area contributed by atoms with E-state index in [1.807, 2.05) is 12.1 Å². The highest BCUT2D eigenvalue weighted by Crippen LogP contribution is 2.12. The van der Waals surface area contributed by atoms with Gasteiger partial charge in [0.2, 0.25) is 0 Å². The van der Waals surface area contributed by atoms with Crippen molar-refractivity contribution in [2.75, 3.05) is 39.4 Å². The first kappa shape index (κ1) is 16.3. The van der Waals surface area contributed by atoms with Crippen LogP contribution in [0.1, 0.15) is 24.8 Å². The first-order valence-electron chi connectivity index (χ1n) is 8.04. The Kier molecular flexibility index (Phi) is 7.00. The van der Waals surface area contributed by atoms with Gasteiger partial charge in [0.25, 0.3) is 0 Å². The second-order valence-corrected chi connectivity index (χ2v) is 5.86. The summed E-state index contributed by atoms with van der Waals surface area (Å²) in [6.07, 6.45) is 3.38. The van der Waals surface area contributed by atoms with Crippen LogP contribution >= 0.6 is 0 Å². The molecule has 4 heteroatoms. The van der Waals surface area contributed by atoms with Gasteiger partial charge < -0.3 is 20.1 Å². The molecule has 0 aromatic heterocycles. The summed E-state index contributed by atoms with van der Waals surface area (Å²) in [6, 6.07) is 8.45. The smallest absolute Gasteiger partial charge is 0.119 e. The molecule has 1 aliphatic heterocycles. The van der Waals surface area contributed by atoms with Crippen molar-refractivity contribution in [1.29, 1.82) is 0 Å². The number of rotatable bonds is 7. The Morgan fingerprint density at radius 3 is 2.86 bits per heavy atom. The van der Waals surface area contributed by atoms with Crippen LogP contribution < -0.4 is 10.1 Å². The number of aliphatic hydroxyl groups excluding tert-OH is 1. The summed E-state index contributed by atoms with van der Waals surface area (Å²) in [5, 5.41) is 12.7. The van der Waals surface area contributed by atoms with Crippen LogP contribution in [0.3, 0.4) is 0 Å². The van der Waals surface area contributed by atoms with Gasteiger partial charge in [-0.15, -0.1) is 0 Å². The fraction of sp³-hybridized carbons (Fsp3) is 0.647. The van der Waals surface area contributed by atoms with Gasteiger partial charge in [0.05, 0.1) is 13.2 Å². The van der Waals surface area contributed by atoms with Crippen LogP contribution in [-0.4, -0.2) is 55.4 Å². The Balaban J connectivity index is 1.59. The summed E-state index contributed by atoms with van der Waals surface area (Å²) in [5.41, 5.74) is 1.26. The van der Waals surface area contributed by atoms with E-state index in [0.29, 0.717) is 0 Å². The van der Waals surface area contributed by atoms with E-state index in [-0.39, 0.29) is 12.6 Å². The van der Waals surface area contributed by atoms with E-state index in [0.717, 1.165) is 57.8 Å².